The predicted molar refractivity (Wildman–Crippen MR) is 108 cm³/mol. The molecule has 0 unspecified atom stereocenters. The number of nitrogens with zero attached hydrogens (tertiary/aromatic N) is 2. The zero-order valence-electron chi connectivity index (χ0n) is 19.0. The molecule has 2 aromatic carbocycles. The molecule has 0 aliphatic heterocycles. The number of benzene rings is 2. The molecule has 0 saturated carbocycles. The van der Waals surface area contributed by atoms with E-state index in [9.17, 15) is 57.2 Å². The lowest BCUT2D eigenvalue weighted by Crippen LogP contribution is -2.44. The van der Waals surface area contributed by atoms with Crippen LogP contribution < -0.4 is 39.7 Å². The van der Waals surface area contributed by atoms with Crippen LogP contribution >= 0.6 is 0 Å². The number of carboxylic acid groups (broad SMARTS) is 4. The van der Waals surface area contributed by atoms with Gasteiger partial charge in [-0.15, -0.1) is 0 Å². The second-order valence-corrected chi connectivity index (χ2v) is 7.32. The van der Waals surface area contributed by atoms with Gasteiger partial charge in [0, 0.05) is 0 Å². The topological polar surface area (TPSA) is 185 Å². The quantitative estimate of drug-likeness (QED) is 0.158. The number of hydrogen-bond acceptors (Lipinski definition) is 12. The van der Waals surface area contributed by atoms with E-state index in [1.165, 1.54) is 0 Å². The van der Waals surface area contributed by atoms with Crippen molar-refractivity contribution in [2.75, 3.05) is 49.2 Å². The van der Waals surface area contributed by atoms with Crippen LogP contribution in [0.1, 0.15) is 0 Å². The first-order valence-corrected chi connectivity index (χ1v) is 10.3. The van der Waals surface area contributed by atoms with Crippen molar-refractivity contribution in [3.63, 3.8) is 0 Å². The zero-order chi connectivity index (χ0) is 28.6. The fourth-order valence-electron chi connectivity index (χ4n) is 3.18. The Morgan fingerprint density at radius 2 is 0.868 bits per heavy atom. The molecule has 0 fully saturated rings. The molecule has 0 amide bonds. The highest BCUT2D eigenvalue weighted by Crippen LogP contribution is 2.34. The van der Waals surface area contributed by atoms with Crippen molar-refractivity contribution in [1.29, 1.82) is 0 Å². The van der Waals surface area contributed by atoms with Crippen LogP contribution in [-0.4, -0.2) is 63.3 Å². The molecule has 0 radical (unpaired) electrons. The Morgan fingerprint density at radius 3 is 1.13 bits per heavy atom. The number of halogens is 4. The summed E-state index contributed by atoms with van der Waals surface area (Å²) < 4.78 is 66.6. The maximum Gasteiger partial charge on any atom is 0.202 e. The second kappa shape index (κ2) is 13.0. The van der Waals surface area contributed by atoms with Gasteiger partial charge in [-0.1, -0.05) is 0 Å². The fraction of sp³-hybridized carbons (Fsp3) is 0.273. The van der Waals surface area contributed by atoms with E-state index in [1.807, 2.05) is 0 Å². The SMILES string of the molecule is O=C([O-])CN(CC(=O)[O-])c1ccc(F)c(F)c1OCCOc1c(N(CC(=O)[O-])CC(=O)[O-])ccc(F)c1F. The van der Waals surface area contributed by atoms with Gasteiger partial charge in [0.15, 0.2) is 23.1 Å². The van der Waals surface area contributed by atoms with Crippen LogP contribution in [0.5, 0.6) is 11.5 Å². The number of ether oxygens (including phenoxy) is 2. The monoisotopic (exact) mass is 544 g/mol. The van der Waals surface area contributed by atoms with E-state index >= 15 is 0 Å². The Morgan fingerprint density at radius 1 is 0.579 bits per heavy atom. The van der Waals surface area contributed by atoms with Crippen molar-refractivity contribution in [2.24, 2.45) is 0 Å². The summed E-state index contributed by atoms with van der Waals surface area (Å²) in [5, 5.41) is 43.9. The van der Waals surface area contributed by atoms with Gasteiger partial charge in [-0.25, -0.2) is 8.78 Å². The van der Waals surface area contributed by atoms with Crippen LogP contribution in [0.4, 0.5) is 28.9 Å². The number of carbonyl (C=O) groups excluding carboxylic acids is 4. The molecule has 0 spiro atoms. The predicted octanol–water partition coefficient (Wildman–Crippen LogP) is -3.69. The van der Waals surface area contributed by atoms with E-state index in [2.05, 4.69) is 0 Å². The molecule has 2 aromatic rings. The van der Waals surface area contributed by atoms with Crippen molar-refractivity contribution in [1.82, 2.24) is 0 Å². The standard InChI is InChI=1S/C22H20F4N2O10/c23-11-1-3-13(27(7-15(29)30)8-16(31)32)21(19(11)25)37-5-6-38-22-14(4-2-12(24)20(22)26)28(9-17(33)34)10-18(35)36/h1-4H,5-10H2,(H,29,30)(H,31,32)(H,33,34)(H,35,36)/p-4. The number of carbonyl (C=O) groups is 4. The van der Waals surface area contributed by atoms with Crippen LogP contribution in [0, 0.1) is 23.3 Å². The minimum Gasteiger partial charge on any atom is -0.548 e. The van der Waals surface area contributed by atoms with Crippen molar-refractivity contribution in [3.05, 3.63) is 47.5 Å². The molecule has 0 heterocycles. The van der Waals surface area contributed by atoms with Gasteiger partial charge >= 0.3 is 0 Å². The van der Waals surface area contributed by atoms with Crippen LogP contribution in [0.2, 0.25) is 0 Å². The normalized spacial score (nSPS) is 10.5. The van der Waals surface area contributed by atoms with Gasteiger partial charge in [0.25, 0.3) is 0 Å². The van der Waals surface area contributed by atoms with Gasteiger partial charge in [-0.3, -0.25) is 0 Å². The number of rotatable bonds is 15. The fourth-order valence-corrected chi connectivity index (χ4v) is 3.18. The lowest BCUT2D eigenvalue weighted by molar-refractivity contribution is -0.307. The molecule has 0 N–H and O–H groups in total. The highest BCUT2D eigenvalue weighted by Gasteiger charge is 2.22. The van der Waals surface area contributed by atoms with Crippen molar-refractivity contribution >= 4 is 35.3 Å². The van der Waals surface area contributed by atoms with Crippen molar-refractivity contribution in [2.45, 2.75) is 0 Å². The molecule has 0 atom stereocenters. The Kier molecular flexibility index (Phi) is 10.1. The molecule has 0 saturated heterocycles. The summed E-state index contributed by atoms with van der Waals surface area (Å²) in [5.41, 5.74) is -1.08. The first kappa shape index (κ1) is 29.5. The molecule has 0 aliphatic carbocycles. The van der Waals surface area contributed by atoms with E-state index in [-0.39, 0.29) is 0 Å². The molecule has 0 aliphatic rings. The third-order valence-electron chi connectivity index (χ3n) is 4.60. The molecule has 16 heteroatoms. The zero-order valence-corrected chi connectivity index (χ0v) is 19.0. The van der Waals surface area contributed by atoms with E-state index in [1.54, 1.807) is 0 Å². The Bertz CT molecular complexity index is 1100. The van der Waals surface area contributed by atoms with Crippen LogP contribution in [0.15, 0.2) is 24.3 Å². The van der Waals surface area contributed by atoms with E-state index in [4.69, 9.17) is 9.47 Å². The number of carboxylic acids is 4. The minimum atomic E-state index is -1.78. The maximum atomic E-state index is 14.4. The average Bonchev–Trinajstić information content (AvgIpc) is 2.79. The summed E-state index contributed by atoms with van der Waals surface area (Å²) in [5.74, 6) is -15.3. The lowest BCUT2D eigenvalue weighted by atomic mass is 10.2. The largest absolute Gasteiger partial charge is 0.548 e. The number of aliphatic carboxylic acids is 4. The van der Waals surface area contributed by atoms with Gasteiger partial charge in [-0.2, -0.15) is 8.78 Å². The molecular formula is C22H16F4N2O10-4. The third-order valence-corrected chi connectivity index (χ3v) is 4.60. The van der Waals surface area contributed by atoms with Crippen LogP contribution in [-0.2, 0) is 19.2 Å². The smallest absolute Gasteiger partial charge is 0.202 e. The Balaban J connectivity index is 2.31. The Hall–Kier alpha value is -4.76. The summed E-state index contributed by atoms with van der Waals surface area (Å²) in [6.07, 6.45) is 0. The van der Waals surface area contributed by atoms with Crippen molar-refractivity contribution in [3.8, 4) is 11.5 Å². The van der Waals surface area contributed by atoms with Crippen LogP contribution in [0.25, 0.3) is 0 Å². The second-order valence-electron chi connectivity index (χ2n) is 7.32. The van der Waals surface area contributed by atoms with E-state index in [0.29, 0.717) is 21.9 Å². The molecule has 2 rings (SSSR count). The minimum absolute atomic E-state index is 0.533. The van der Waals surface area contributed by atoms with Gasteiger partial charge < -0.3 is 58.9 Å². The summed E-state index contributed by atoms with van der Waals surface area (Å²) in [4.78, 5) is 45.0. The highest BCUT2D eigenvalue weighted by atomic mass is 19.2. The first-order valence-electron chi connectivity index (χ1n) is 10.3. The number of anilines is 2. The summed E-state index contributed by atoms with van der Waals surface area (Å²) in [6, 6.07) is 2.73. The van der Waals surface area contributed by atoms with Gasteiger partial charge in [0.05, 0.1) is 61.4 Å². The molecule has 0 aromatic heterocycles. The lowest BCUT2D eigenvalue weighted by Gasteiger charge is -2.28. The van der Waals surface area contributed by atoms with E-state index < -0.39 is 109 Å². The van der Waals surface area contributed by atoms with Gasteiger partial charge in [0.2, 0.25) is 11.6 Å². The van der Waals surface area contributed by atoms with Gasteiger partial charge in [-0.05, 0) is 24.3 Å². The maximum absolute atomic E-state index is 14.4. The van der Waals surface area contributed by atoms with E-state index in [0.717, 1.165) is 12.1 Å². The number of hydrogen-bond donors (Lipinski definition) is 0. The molecule has 12 nitrogen and oxygen atoms in total. The van der Waals surface area contributed by atoms with Gasteiger partial charge in [0.1, 0.15) is 13.2 Å². The van der Waals surface area contributed by atoms with Crippen molar-refractivity contribution < 1.29 is 66.6 Å². The first-order chi connectivity index (χ1) is 17.8. The average molecular weight is 544 g/mol. The third kappa shape index (κ3) is 7.87. The summed E-state index contributed by atoms with van der Waals surface area (Å²) in [7, 11) is 0. The molecule has 38 heavy (non-hydrogen) atoms. The molecule has 0 bridgehead atoms. The molecular weight excluding hydrogens is 528 g/mol. The Labute approximate surface area is 210 Å². The molecule has 206 valence electrons. The summed E-state index contributed by atoms with van der Waals surface area (Å²) >= 11 is 0. The summed E-state index contributed by atoms with van der Waals surface area (Å²) in [6.45, 7) is -5.89. The van der Waals surface area contributed by atoms with Crippen LogP contribution in [0.3, 0.4) is 0 Å². The highest BCUT2D eigenvalue weighted by molar-refractivity contribution is 5.80.